The van der Waals surface area contributed by atoms with Crippen LogP contribution >= 0.6 is 12.6 Å². The summed E-state index contributed by atoms with van der Waals surface area (Å²) in [4.78, 5) is 0. The molecule has 0 unspecified atom stereocenters. The van der Waals surface area contributed by atoms with Crippen LogP contribution in [-0.2, 0) is 0 Å². The van der Waals surface area contributed by atoms with Gasteiger partial charge < -0.3 is 0 Å². The first kappa shape index (κ1) is 10.4. The van der Waals surface area contributed by atoms with E-state index in [4.69, 9.17) is 0 Å². The minimum atomic E-state index is 0.563. The molecule has 0 N–H and O–H groups in total. The molecule has 0 spiro atoms. The Kier molecular flexibility index (Phi) is 3.51. The molecule has 1 saturated carbocycles. The van der Waals surface area contributed by atoms with Gasteiger partial charge in [0.05, 0.1) is 0 Å². The second kappa shape index (κ2) is 4.04. The highest BCUT2D eigenvalue weighted by molar-refractivity contribution is 7.80. The van der Waals surface area contributed by atoms with Gasteiger partial charge in [-0.2, -0.15) is 12.6 Å². The van der Waals surface area contributed by atoms with Crippen LogP contribution in [0.3, 0.4) is 0 Å². The summed E-state index contributed by atoms with van der Waals surface area (Å²) in [6.45, 7) is 7.14. The SMILES string of the molecule is CCC(C)(C)C1CCC(S)CC1. The molecule has 1 fully saturated rings. The van der Waals surface area contributed by atoms with Crippen molar-refractivity contribution in [3.63, 3.8) is 0 Å². The van der Waals surface area contributed by atoms with Crippen LogP contribution in [0.2, 0.25) is 0 Å². The maximum atomic E-state index is 4.53. The van der Waals surface area contributed by atoms with Gasteiger partial charge in [-0.25, -0.2) is 0 Å². The fourth-order valence-electron chi connectivity index (χ4n) is 2.15. The Bertz CT molecular complexity index is 132. The fourth-order valence-corrected chi connectivity index (χ4v) is 2.44. The molecule has 0 aliphatic heterocycles. The number of hydrogen-bond donors (Lipinski definition) is 1. The predicted molar refractivity (Wildman–Crippen MR) is 58.8 cm³/mol. The smallest absolute Gasteiger partial charge is 0.00170 e. The normalized spacial score (nSPS) is 32.0. The summed E-state index contributed by atoms with van der Waals surface area (Å²) in [5.41, 5.74) is 0.563. The second-order valence-electron chi connectivity index (χ2n) is 4.85. The van der Waals surface area contributed by atoms with Crippen molar-refractivity contribution in [2.75, 3.05) is 0 Å². The molecule has 0 saturated heterocycles. The van der Waals surface area contributed by atoms with Crippen molar-refractivity contribution in [2.45, 2.75) is 58.1 Å². The number of hydrogen-bond acceptors (Lipinski definition) is 1. The van der Waals surface area contributed by atoms with Crippen LogP contribution in [0, 0.1) is 11.3 Å². The van der Waals surface area contributed by atoms with Crippen LogP contribution in [0.4, 0.5) is 0 Å². The molecule has 0 aromatic rings. The lowest BCUT2D eigenvalue weighted by Gasteiger charge is -2.37. The Morgan fingerprint density at radius 2 is 1.67 bits per heavy atom. The van der Waals surface area contributed by atoms with Crippen LogP contribution < -0.4 is 0 Å². The zero-order valence-corrected chi connectivity index (χ0v) is 9.53. The second-order valence-corrected chi connectivity index (χ2v) is 5.58. The van der Waals surface area contributed by atoms with E-state index < -0.39 is 0 Å². The lowest BCUT2D eigenvalue weighted by atomic mass is 9.70. The molecule has 1 heteroatoms. The summed E-state index contributed by atoms with van der Waals surface area (Å²) in [6.07, 6.45) is 6.77. The van der Waals surface area contributed by atoms with Crippen LogP contribution in [0.1, 0.15) is 52.9 Å². The van der Waals surface area contributed by atoms with Gasteiger partial charge in [-0.3, -0.25) is 0 Å². The molecule has 0 heterocycles. The zero-order chi connectivity index (χ0) is 9.19. The van der Waals surface area contributed by atoms with Crippen molar-refractivity contribution in [3.8, 4) is 0 Å². The summed E-state index contributed by atoms with van der Waals surface area (Å²) >= 11 is 4.53. The average molecular weight is 186 g/mol. The molecule has 0 bridgehead atoms. The molecule has 1 aliphatic carbocycles. The van der Waals surface area contributed by atoms with Gasteiger partial charge in [0.15, 0.2) is 0 Å². The van der Waals surface area contributed by atoms with Gasteiger partial charge in [-0.15, -0.1) is 0 Å². The third kappa shape index (κ3) is 2.42. The largest absolute Gasteiger partial charge is 0.176 e. The molecule has 0 atom stereocenters. The molecular formula is C11H22S. The Balaban J connectivity index is 2.44. The highest BCUT2D eigenvalue weighted by Gasteiger charge is 2.30. The first-order valence-electron chi connectivity index (χ1n) is 5.24. The van der Waals surface area contributed by atoms with E-state index in [0.717, 1.165) is 5.92 Å². The van der Waals surface area contributed by atoms with Gasteiger partial charge in [0.2, 0.25) is 0 Å². The summed E-state index contributed by atoms with van der Waals surface area (Å²) in [7, 11) is 0. The van der Waals surface area contributed by atoms with Gasteiger partial charge in [-0.1, -0.05) is 27.2 Å². The van der Waals surface area contributed by atoms with Crippen molar-refractivity contribution in [2.24, 2.45) is 11.3 Å². The molecule has 0 amide bonds. The summed E-state index contributed by atoms with van der Waals surface area (Å²) in [5, 5.41) is 0.689. The lowest BCUT2D eigenvalue weighted by Crippen LogP contribution is -2.28. The van der Waals surface area contributed by atoms with E-state index in [-0.39, 0.29) is 0 Å². The van der Waals surface area contributed by atoms with Crippen molar-refractivity contribution in [3.05, 3.63) is 0 Å². The topological polar surface area (TPSA) is 0 Å². The van der Waals surface area contributed by atoms with Crippen molar-refractivity contribution >= 4 is 12.6 Å². The minimum Gasteiger partial charge on any atom is -0.176 e. The summed E-state index contributed by atoms with van der Waals surface area (Å²) in [5.74, 6) is 0.950. The van der Waals surface area contributed by atoms with Crippen LogP contribution in [-0.4, -0.2) is 5.25 Å². The van der Waals surface area contributed by atoms with E-state index in [1.165, 1.54) is 32.1 Å². The molecule has 0 aromatic carbocycles. The van der Waals surface area contributed by atoms with E-state index in [9.17, 15) is 0 Å². The van der Waals surface area contributed by atoms with Gasteiger partial charge in [0.1, 0.15) is 0 Å². The summed E-state index contributed by atoms with van der Waals surface area (Å²) < 4.78 is 0. The van der Waals surface area contributed by atoms with E-state index in [1.54, 1.807) is 0 Å². The van der Waals surface area contributed by atoms with Crippen molar-refractivity contribution in [1.29, 1.82) is 0 Å². The van der Waals surface area contributed by atoms with E-state index >= 15 is 0 Å². The maximum Gasteiger partial charge on any atom is 0.00170 e. The Morgan fingerprint density at radius 3 is 2.08 bits per heavy atom. The summed E-state index contributed by atoms with van der Waals surface area (Å²) in [6, 6.07) is 0. The minimum absolute atomic E-state index is 0.563. The zero-order valence-electron chi connectivity index (χ0n) is 8.64. The van der Waals surface area contributed by atoms with Crippen LogP contribution in [0.15, 0.2) is 0 Å². The van der Waals surface area contributed by atoms with Crippen LogP contribution in [0.25, 0.3) is 0 Å². The van der Waals surface area contributed by atoms with Gasteiger partial charge in [0, 0.05) is 5.25 Å². The molecule has 0 radical (unpaired) electrons. The monoisotopic (exact) mass is 186 g/mol. The molecule has 1 aliphatic rings. The Morgan fingerprint density at radius 1 is 1.17 bits per heavy atom. The molecule has 72 valence electrons. The highest BCUT2D eigenvalue weighted by Crippen LogP contribution is 2.41. The van der Waals surface area contributed by atoms with Gasteiger partial charge in [-0.05, 0) is 37.0 Å². The van der Waals surface area contributed by atoms with Crippen molar-refractivity contribution < 1.29 is 0 Å². The quantitative estimate of drug-likeness (QED) is 0.621. The predicted octanol–water partition coefficient (Wildman–Crippen LogP) is 3.91. The molecular weight excluding hydrogens is 164 g/mol. The van der Waals surface area contributed by atoms with E-state index in [1.807, 2.05) is 0 Å². The first-order valence-corrected chi connectivity index (χ1v) is 5.76. The van der Waals surface area contributed by atoms with Gasteiger partial charge in [0.25, 0.3) is 0 Å². The van der Waals surface area contributed by atoms with E-state index in [0.29, 0.717) is 10.7 Å². The van der Waals surface area contributed by atoms with E-state index in [2.05, 4.69) is 33.4 Å². The molecule has 12 heavy (non-hydrogen) atoms. The average Bonchev–Trinajstić information content (AvgIpc) is 2.05. The fraction of sp³-hybridized carbons (Fsp3) is 1.00. The molecule has 0 nitrogen and oxygen atoms in total. The first-order chi connectivity index (χ1) is 5.56. The lowest BCUT2D eigenvalue weighted by molar-refractivity contribution is 0.155. The third-order valence-electron chi connectivity index (χ3n) is 3.71. The Labute approximate surface area is 82.5 Å². The van der Waals surface area contributed by atoms with Crippen LogP contribution in [0.5, 0.6) is 0 Å². The van der Waals surface area contributed by atoms with Crippen molar-refractivity contribution in [1.82, 2.24) is 0 Å². The Hall–Kier alpha value is 0.350. The number of rotatable bonds is 2. The van der Waals surface area contributed by atoms with Gasteiger partial charge >= 0.3 is 0 Å². The molecule has 1 rings (SSSR count). The maximum absolute atomic E-state index is 4.53. The highest BCUT2D eigenvalue weighted by atomic mass is 32.1. The number of thiol groups is 1. The standard InChI is InChI=1S/C11H22S/c1-4-11(2,3)9-5-7-10(12)8-6-9/h9-10,12H,4-8H2,1-3H3. The molecule has 0 aromatic heterocycles. The third-order valence-corrected chi connectivity index (χ3v) is 4.23.